The van der Waals surface area contributed by atoms with Gasteiger partial charge in [0.25, 0.3) is 11.5 Å². The van der Waals surface area contributed by atoms with Crippen LogP contribution >= 0.6 is 0 Å². The predicted octanol–water partition coefficient (Wildman–Crippen LogP) is 2.02. The summed E-state index contributed by atoms with van der Waals surface area (Å²) in [5, 5.41) is 0. The van der Waals surface area contributed by atoms with Crippen LogP contribution < -0.4 is 5.56 Å². The Hall–Kier alpha value is -3.28. The molecule has 0 radical (unpaired) electrons. The van der Waals surface area contributed by atoms with Crippen molar-refractivity contribution in [2.75, 3.05) is 0 Å². The number of hydrogen-bond donors (Lipinski definition) is 0. The molecule has 3 rings (SSSR count). The van der Waals surface area contributed by atoms with Crippen LogP contribution in [0.5, 0.6) is 0 Å². The number of aromatic nitrogens is 3. The first kappa shape index (κ1) is 16.6. The molecule has 0 N–H and O–H groups in total. The van der Waals surface area contributed by atoms with E-state index in [1.807, 2.05) is 24.3 Å². The van der Waals surface area contributed by atoms with E-state index in [-0.39, 0.29) is 17.0 Å². The second-order valence-electron chi connectivity index (χ2n) is 5.71. The Labute approximate surface area is 145 Å². The van der Waals surface area contributed by atoms with Gasteiger partial charge in [0.05, 0.1) is 0 Å². The predicted molar refractivity (Wildman–Crippen MR) is 93.7 cm³/mol. The Morgan fingerprint density at radius 1 is 0.960 bits per heavy atom. The van der Waals surface area contributed by atoms with Gasteiger partial charge < -0.3 is 9.47 Å². The van der Waals surface area contributed by atoms with Crippen molar-refractivity contribution in [2.24, 2.45) is 7.05 Å². The largest absolute Gasteiger partial charge is 0.330 e. The van der Waals surface area contributed by atoms with Crippen molar-refractivity contribution in [3.05, 3.63) is 94.4 Å². The molecular formula is C19H18N4O2. The number of rotatable bonds is 5. The van der Waals surface area contributed by atoms with E-state index < -0.39 is 0 Å². The summed E-state index contributed by atoms with van der Waals surface area (Å²) in [7, 11) is 1.63. The highest BCUT2D eigenvalue weighted by Crippen LogP contribution is 2.12. The first-order valence-corrected chi connectivity index (χ1v) is 7.88. The molecule has 0 aliphatic carbocycles. The van der Waals surface area contributed by atoms with Crippen LogP contribution in [0.25, 0.3) is 0 Å². The Bertz CT molecular complexity index is 866. The van der Waals surface area contributed by atoms with Crippen molar-refractivity contribution in [3.63, 3.8) is 0 Å². The first-order chi connectivity index (χ1) is 12.1. The molecule has 0 aliphatic rings. The zero-order valence-electron chi connectivity index (χ0n) is 13.9. The lowest BCUT2D eigenvalue weighted by molar-refractivity contribution is 0.0727. The summed E-state index contributed by atoms with van der Waals surface area (Å²) in [5.74, 6) is -0.296. The highest BCUT2D eigenvalue weighted by Gasteiger charge is 2.20. The molecule has 3 aromatic rings. The third-order valence-corrected chi connectivity index (χ3v) is 3.89. The monoisotopic (exact) mass is 334 g/mol. The van der Waals surface area contributed by atoms with Crippen LogP contribution in [0.15, 0.2) is 72.2 Å². The number of carbonyl (C=O) groups excluding carboxylic acids is 1. The van der Waals surface area contributed by atoms with Crippen LogP contribution in [0.3, 0.4) is 0 Å². The molecule has 0 saturated carbocycles. The van der Waals surface area contributed by atoms with Gasteiger partial charge in [0.15, 0.2) is 0 Å². The molecule has 0 bridgehead atoms. The number of nitrogens with zero attached hydrogens (tertiary/aromatic N) is 4. The van der Waals surface area contributed by atoms with Crippen LogP contribution in [-0.4, -0.2) is 25.3 Å². The fourth-order valence-electron chi connectivity index (χ4n) is 2.55. The highest BCUT2D eigenvalue weighted by molar-refractivity contribution is 5.93. The smallest absolute Gasteiger partial charge is 0.263 e. The fourth-order valence-corrected chi connectivity index (χ4v) is 2.55. The molecule has 0 aliphatic heterocycles. The molecular weight excluding hydrogens is 316 g/mol. The average molecular weight is 334 g/mol. The lowest BCUT2D eigenvalue weighted by Gasteiger charge is -2.23. The Morgan fingerprint density at radius 2 is 1.48 bits per heavy atom. The number of carbonyl (C=O) groups is 1. The summed E-state index contributed by atoms with van der Waals surface area (Å²) in [6.45, 7) is 0.781. The second-order valence-corrected chi connectivity index (χ2v) is 5.71. The Morgan fingerprint density at radius 3 is 2.00 bits per heavy atom. The van der Waals surface area contributed by atoms with Gasteiger partial charge in [0.1, 0.15) is 5.56 Å². The minimum Gasteiger partial charge on any atom is -0.330 e. The van der Waals surface area contributed by atoms with Crippen molar-refractivity contribution in [3.8, 4) is 0 Å². The van der Waals surface area contributed by atoms with Crippen LogP contribution in [0.1, 0.15) is 21.5 Å². The standard InChI is InChI=1S/C19H18N4O2/c1-22-12-2-3-17(18(22)24)19(25)23(13-15-4-8-20-9-5-15)14-16-6-10-21-11-7-16/h2-12H,13-14H2,1H3. The van der Waals surface area contributed by atoms with E-state index >= 15 is 0 Å². The summed E-state index contributed by atoms with van der Waals surface area (Å²) < 4.78 is 1.41. The van der Waals surface area contributed by atoms with Gasteiger partial charge in [0.2, 0.25) is 0 Å². The van der Waals surface area contributed by atoms with Gasteiger partial charge in [-0.15, -0.1) is 0 Å². The van der Waals surface area contributed by atoms with Crippen LogP contribution in [0.2, 0.25) is 0 Å². The second kappa shape index (κ2) is 7.53. The fraction of sp³-hybridized carbons (Fsp3) is 0.158. The topological polar surface area (TPSA) is 68.1 Å². The molecule has 126 valence electrons. The molecule has 6 heteroatoms. The normalized spacial score (nSPS) is 10.4. The quantitative estimate of drug-likeness (QED) is 0.716. The van der Waals surface area contributed by atoms with Gasteiger partial charge in [-0.3, -0.25) is 19.6 Å². The maximum Gasteiger partial charge on any atom is 0.263 e. The molecule has 6 nitrogen and oxygen atoms in total. The third kappa shape index (κ3) is 3.98. The van der Waals surface area contributed by atoms with E-state index in [0.29, 0.717) is 13.1 Å². The maximum absolute atomic E-state index is 13.0. The summed E-state index contributed by atoms with van der Waals surface area (Å²) in [4.78, 5) is 35.0. The minimum absolute atomic E-state index is 0.160. The summed E-state index contributed by atoms with van der Waals surface area (Å²) in [6.07, 6.45) is 8.38. The van der Waals surface area contributed by atoms with Crippen molar-refractivity contribution < 1.29 is 4.79 Å². The van der Waals surface area contributed by atoms with Gasteiger partial charge in [-0.1, -0.05) is 0 Å². The molecule has 1 amide bonds. The molecule has 0 spiro atoms. The van der Waals surface area contributed by atoms with Gasteiger partial charge in [-0.05, 0) is 47.5 Å². The highest BCUT2D eigenvalue weighted by atomic mass is 16.2. The minimum atomic E-state index is -0.304. The first-order valence-electron chi connectivity index (χ1n) is 7.88. The molecule has 0 saturated heterocycles. The molecule has 0 fully saturated rings. The maximum atomic E-state index is 13.0. The number of pyridine rings is 3. The molecule has 25 heavy (non-hydrogen) atoms. The Balaban J connectivity index is 1.93. The molecule has 0 atom stereocenters. The molecule has 3 heterocycles. The lowest BCUT2D eigenvalue weighted by atomic mass is 10.1. The van der Waals surface area contributed by atoms with Crippen molar-refractivity contribution in [1.29, 1.82) is 0 Å². The average Bonchev–Trinajstić information content (AvgIpc) is 2.65. The number of hydrogen-bond acceptors (Lipinski definition) is 4. The van der Waals surface area contributed by atoms with Crippen molar-refractivity contribution >= 4 is 5.91 Å². The molecule has 3 aromatic heterocycles. The van der Waals surface area contributed by atoms with Gasteiger partial charge in [0, 0.05) is 51.1 Å². The summed E-state index contributed by atoms with van der Waals surface area (Å²) in [5.41, 5.74) is 1.75. The van der Waals surface area contributed by atoms with E-state index in [0.717, 1.165) is 11.1 Å². The van der Waals surface area contributed by atoms with Gasteiger partial charge in [-0.2, -0.15) is 0 Å². The zero-order chi connectivity index (χ0) is 17.6. The van der Waals surface area contributed by atoms with Gasteiger partial charge in [-0.25, -0.2) is 0 Å². The molecule has 0 aromatic carbocycles. The van der Waals surface area contributed by atoms with E-state index in [1.165, 1.54) is 4.57 Å². The molecule has 0 unspecified atom stereocenters. The van der Waals surface area contributed by atoms with E-state index in [9.17, 15) is 9.59 Å². The van der Waals surface area contributed by atoms with Crippen molar-refractivity contribution in [1.82, 2.24) is 19.4 Å². The third-order valence-electron chi connectivity index (χ3n) is 3.89. The summed E-state index contributed by atoms with van der Waals surface area (Å²) >= 11 is 0. The van der Waals surface area contributed by atoms with E-state index in [2.05, 4.69) is 9.97 Å². The van der Waals surface area contributed by atoms with E-state index in [4.69, 9.17) is 0 Å². The number of amides is 1. The summed E-state index contributed by atoms with van der Waals surface area (Å²) in [6, 6.07) is 10.7. The lowest BCUT2D eigenvalue weighted by Crippen LogP contribution is -2.35. The van der Waals surface area contributed by atoms with Crippen LogP contribution in [0, 0.1) is 0 Å². The zero-order valence-corrected chi connectivity index (χ0v) is 13.9. The number of aryl methyl sites for hydroxylation is 1. The SMILES string of the molecule is Cn1cccc(C(=O)N(Cc2ccncc2)Cc2ccncc2)c1=O. The van der Waals surface area contributed by atoms with E-state index in [1.54, 1.807) is 55.1 Å². The Kier molecular flexibility index (Phi) is 4.99. The van der Waals surface area contributed by atoms with Crippen LogP contribution in [-0.2, 0) is 20.1 Å². The van der Waals surface area contributed by atoms with Gasteiger partial charge >= 0.3 is 0 Å². The van der Waals surface area contributed by atoms with Crippen molar-refractivity contribution in [2.45, 2.75) is 13.1 Å². The van der Waals surface area contributed by atoms with Crippen LogP contribution in [0.4, 0.5) is 0 Å².